The zero-order valence-electron chi connectivity index (χ0n) is 16.3. The standard InChI is InChI=1S/C18H30N8.2ClH/c1-13-8-9-14-15(12-13)25-18(24-14)26(17(21)22)11-7-5-3-2-4-6-10-23-16(19)20;;/h8-9,12H,2-7,10-11H2,1H3,(H3,21,22)(H,24,25)(H4,19,20,23);2*1H. The Morgan fingerprint density at radius 1 is 1.07 bits per heavy atom. The van der Waals surface area contributed by atoms with E-state index in [2.05, 4.69) is 15.0 Å². The summed E-state index contributed by atoms with van der Waals surface area (Å²) in [6, 6.07) is 6.05. The van der Waals surface area contributed by atoms with Crippen molar-refractivity contribution < 1.29 is 0 Å². The number of aromatic nitrogens is 2. The first-order valence-electron chi connectivity index (χ1n) is 9.10. The van der Waals surface area contributed by atoms with Crippen molar-refractivity contribution in [3.63, 3.8) is 0 Å². The fourth-order valence-electron chi connectivity index (χ4n) is 2.88. The summed E-state index contributed by atoms with van der Waals surface area (Å²) in [5.41, 5.74) is 19.4. The van der Waals surface area contributed by atoms with Crippen LogP contribution in [0, 0.1) is 12.3 Å². The topological polar surface area (TPSA) is 146 Å². The monoisotopic (exact) mass is 430 g/mol. The van der Waals surface area contributed by atoms with Gasteiger partial charge in [-0.25, -0.2) is 4.98 Å². The van der Waals surface area contributed by atoms with Crippen molar-refractivity contribution in [3.8, 4) is 0 Å². The molecule has 10 heteroatoms. The van der Waals surface area contributed by atoms with Crippen LogP contribution in [0.4, 0.5) is 5.95 Å². The van der Waals surface area contributed by atoms with Crippen LogP contribution in [0.25, 0.3) is 11.0 Å². The van der Waals surface area contributed by atoms with Crippen molar-refractivity contribution in [2.24, 2.45) is 22.2 Å². The van der Waals surface area contributed by atoms with Crippen LogP contribution in [0.2, 0.25) is 0 Å². The Morgan fingerprint density at radius 3 is 2.36 bits per heavy atom. The minimum Gasteiger partial charge on any atom is -0.370 e. The molecule has 1 aromatic heterocycles. The second-order valence-corrected chi connectivity index (χ2v) is 6.55. The van der Waals surface area contributed by atoms with Crippen LogP contribution in [0.1, 0.15) is 44.1 Å². The van der Waals surface area contributed by atoms with E-state index in [4.69, 9.17) is 22.6 Å². The molecule has 2 aromatic rings. The summed E-state index contributed by atoms with van der Waals surface area (Å²) < 4.78 is 0. The van der Waals surface area contributed by atoms with E-state index in [0.29, 0.717) is 19.0 Å². The van der Waals surface area contributed by atoms with Crippen LogP contribution in [-0.4, -0.2) is 35.0 Å². The summed E-state index contributed by atoms with van der Waals surface area (Å²) in [5.74, 6) is 0.809. The first-order valence-corrected chi connectivity index (χ1v) is 9.10. The molecule has 8 N–H and O–H groups in total. The summed E-state index contributed by atoms with van der Waals surface area (Å²) in [6.45, 7) is 3.42. The number of aryl methyl sites for hydroxylation is 1. The molecule has 0 spiro atoms. The number of hydrogen-bond donors (Lipinski definition) is 5. The normalized spacial score (nSPS) is 10.0. The highest BCUT2D eigenvalue weighted by Gasteiger charge is 2.14. The molecule has 0 amide bonds. The predicted molar refractivity (Wildman–Crippen MR) is 123 cm³/mol. The fourth-order valence-corrected chi connectivity index (χ4v) is 2.88. The number of fused-ring (bicyclic) bond motifs is 1. The third kappa shape index (κ3) is 8.22. The molecule has 2 rings (SSSR count). The Morgan fingerprint density at radius 2 is 1.71 bits per heavy atom. The van der Waals surface area contributed by atoms with Crippen LogP contribution in [-0.2, 0) is 0 Å². The van der Waals surface area contributed by atoms with E-state index in [0.717, 1.165) is 49.6 Å². The number of aromatic amines is 1. The number of nitrogens with one attached hydrogen (secondary N) is 2. The number of H-pyrrole nitrogens is 1. The Kier molecular flexibility index (Phi) is 12.0. The second-order valence-electron chi connectivity index (χ2n) is 6.55. The van der Waals surface area contributed by atoms with Gasteiger partial charge in [-0.3, -0.25) is 15.3 Å². The highest BCUT2D eigenvalue weighted by atomic mass is 35.5. The Hall–Kier alpha value is -2.19. The molecule has 28 heavy (non-hydrogen) atoms. The minimum absolute atomic E-state index is 0. The third-order valence-electron chi connectivity index (χ3n) is 4.26. The number of rotatable bonds is 10. The maximum Gasteiger partial charge on any atom is 0.210 e. The zero-order valence-corrected chi connectivity index (χ0v) is 17.9. The van der Waals surface area contributed by atoms with Gasteiger partial charge in [-0.15, -0.1) is 24.8 Å². The van der Waals surface area contributed by atoms with Gasteiger partial charge in [0.05, 0.1) is 11.0 Å². The lowest BCUT2D eigenvalue weighted by atomic mass is 10.1. The van der Waals surface area contributed by atoms with Gasteiger partial charge >= 0.3 is 0 Å². The molecule has 1 heterocycles. The Balaban J connectivity index is 0.00000364. The van der Waals surface area contributed by atoms with Gasteiger partial charge in [0.15, 0.2) is 11.9 Å². The lowest BCUT2D eigenvalue weighted by Crippen LogP contribution is -2.38. The third-order valence-corrected chi connectivity index (χ3v) is 4.26. The number of anilines is 1. The first kappa shape index (κ1) is 25.8. The van der Waals surface area contributed by atoms with Crippen LogP contribution in [0.5, 0.6) is 0 Å². The molecule has 1 aromatic carbocycles. The molecule has 0 aliphatic carbocycles. The van der Waals surface area contributed by atoms with Gasteiger partial charge in [0.2, 0.25) is 5.95 Å². The van der Waals surface area contributed by atoms with Crippen LogP contribution in [0.3, 0.4) is 0 Å². The number of imidazole rings is 1. The van der Waals surface area contributed by atoms with Gasteiger partial charge in [0, 0.05) is 13.1 Å². The van der Waals surface area contributed by atoms with Gasteiger partial charge < -0.3 is 22.2 Å². The predicted octanol–water partition coefficient (Wildman–Crippen LogP) is 3.03. The maximum absolute atomic E-state index is 7.84. The summed E-state index contributed by atoms with van der Waals surface area (Å²) >= 11 is 0. The van der Waals surface area contributed by atoms with Crippen molar-refractivity contribution in [2.75, 3.05) is 18.0 Å². The molecule has 158 valence electrons. The number of benzene rings is 1. The molecule has 0 bridgehead atoms. The highest BCUT2D eigenvalue weighted by Crippen LogP contribution is 2.19. The first-order chi connectivity index (χ1) is 12.5. The van der Waals surface area contributed by atoms with Gasteiger partial charge in [0.25, 0.3) is 0 Å². The maximum atomic E-state index is 7.84. The largest absolute Gasteiger partial charge is 0.370 e. The average Bonchev–Trinajstić information content (AvgIpc) is 2.98. The molecule has 0 aliphatic rings. The lowest BCUT2D eigenvalue weighted by Gasteiger charge is -2.19. The van der Waals surface area contributed by atoms with Crippen LogP contribution in [0.15, 0.2) is 23.2 Å². The number of aliphatic imine (C=N–C) groups is 1. The SMILES string of the molecule is Cc1ccc2nc(N(CCCCCCCCN=C(N)N)C(=N)N)[nH]c2c1.Cl.Cl. The number of nitrogens with two attached hydrogens (primary N) is 3. The quantitative estimate of drug-likeness (QED) is 0.223. The van der Waals surface area contributed by atoms with E-state index in [1.54, 1.807) is 4.90 Å². The van der Waals surface area contributed by atoms with E-state index in [1.807, 2.05) is 25.1 Å². The smallest absolute Gasteiger partial charge is 0.210 e. The van der Waals surface area contributed by atoms with Crippen LogP contribution < -0.4 is 22.1 Å². The summed E-state index contributed by atoms with van der Waals surface area (Å²) in [4.78, 5) is 13.5. The molecule has 8 nitrogen and oxygen atoms in total. The van der Waals surface area contributed by atoms with Crippen molar-refractivity contribution in [1.82, 2.24) is 9.97 Å². The molecule has 0 fully saturated rings. The van der Waals surface area contributed by atoms with E-state index in [1.165, 1.54) is 5.56 Å². The van der Waals surface area contributed by atoms with Gasteiger partial charge in [-0.1, -0.05) is 31.7 Å². The highest BCUT2D eigenvalue weighted by molar-refractivity contribution is 5.92. The molecule has 0 aliphatic heterocycles. The van der Waals surface area contributed by atoms with Crippen molar-refractivity contribution in [2.45, 2.75) is 45.4 Å². The number of nitrogens with zero attached hydrogens (tertiary/aromatic N) is 3. The fraction of sp³-hybridized carbons (Fsp3) is 0.500. The molecule has 0 radical (unpaired) electrons. The Labute approximate surface area is 178 Å². The molecule has 0 saturated carbocycles. The van der Waals surface area contributed by atoms with Gasteiger partial charge in [-0.2, -0.15) is 0 Å². The van der Waals surface area contributed by atoms with Crippen molar-refractivity contribution in [1.29, 1.82) is 5.41 Å². The van der Waals surface area contributed by atoms with Gasteiger partial charge in [-0.05, 0) is 37.5 Å². The molecular weight excluding hydrogens is 399 g/mol. The van der Waals surface area contributed by atoms with E-state index < -0.39 is 0 Å². The number of guanidine groups is 2. The second kappa shape index (κ2) is 13.1. The van der Waals surface area contributed by atoms with E-state index in [9.17, 15) is 0 Å². The number of unbranched alkanes of at least 4 members (excludes halogenated alkanes) is 5. The number of halogens is 2. The van der Waals surface area contributed by atoms with Crippen molar-refractivity contribution >= 4 is 53.7 Å². The van der Waals surface area contributed by atoms with Crippen LogP contribution >= 0.6 is 24.8 Å². The minimum atomic E-state index is 0. The summed E-state index contributed by atoms with van der Waals surface area (Å²) in [6.07, 6.45) is 6.48. The molecule has 0 saturated heterocycles. The molecule has 0 unspecified atom stereocenters. The van der Waals surface area contributed by atoms with E-state index in [-0.39, 0.29) is 36.7 Å². The lowest BCUT2D eigenvalue weighted by molar-refractivity contribution is 0.599. The average molecular weight is 431 g/mol. The molecular formula is C18H32Cl2N8. The zero-order chi connectivity index (χ0) is 18.9. The Bertz CT molecular complexity index is 755. The van der Waals surface area contributed by atoms with Crippen molar-refractivity contribution in [3.05, 3.63) is 23.8 Å². The summed E-state index contributed by atoms with van der Waals surface area (Å²) in [5, 5.41) is 7.84. The van der Waals surface area contributed by atoms with Gasteiger partial charge in [0.1, 0.15) is 0 Å². The van der Waals surface area contributed by atoms with E-state index >= 15 is 0 Å². The summed E-state index contributed by atoms with van der Waals surface area (Å²) in [7, 11) is 0. The molecule has 0 atom stereocenters. The number of hydrogen-bond acceptors (Lipinski definition) is 3.